The summed E-state index contributed by atoms with van der Waals surface area (Å²) in [5, 5.41) is 9.70. The van der Waals surface area contributed by atoms with Gasteiger partial charge in [0, 0.05) is 12.5 Å². The second-order valence-electron chi connectivity index (χ2n) is 7.07. The van der Waals surface area contributed by atoms with Gasteiger partial charge in [-0.25, -0.2) is 4.79 Å². The van der Waals surface area contributed by atoms with Crippen molar-refractivity contribution >= 4 is 17.5 Å². The molecule has 0 amide bonds. The number of allylic oxidation sites excluding steroid dienone is 3. The predicted octanol–water partition coefficient (Wildman–Crippen LogP) is 3.30. The number of ketones is 2. The van der Waals surface area contributed by atoms with Crippen LogP contribution in [0.15, 0.2) is 47.5 Å². The van der Waals surface area contributed by atoms with Crippen LogP contribution in [0.25, 0.3) is 0 Å². The summed E-state index contributed by atoms with van der Waals surface area (Å²) in [5.41, 5.74) is -0.993. The van der Waals surface area contributed by atoms with E-state index in [9.17, 15) is 19.5 Å². The van der Waals surface area contributed by atoms with E-state index in [1.54, 1.807) is 13.0 Å². The minimum Gasteiger partial charge on any atom is -0.508 e. The summed E-state index contributed by atoms with van der Waals surface area (Å²) in [5.74, 6) is -1.54. The van der Waals surface area contributed by atoms with Crippen molar-refractivity contribution < 1.29 is 33.7 Å². The van der Waals surface area contributed by atoms with Crippen LogP contribution in [0, 0.1) is 6.92 Å². The number of fused-ring (bicyclic) bond motifs is 1. The number of methoxy groups -OCH3 is 1. The topological polar surface area (TPSA) is 99.1 Å². The second kappa shape index (κ2) is 7.58. The number of phenolic OH excluding ortho intramolecular Hbond substituents is 1. The Bertz CT molecular complexity index is 997. The first-order valence-corrected chi connectivity index (χ1v) is 9.21. The van der Waals surface area contributed by atoms with Gasteiger partial charge in [0.25, 0.3) is 0 Å². The summed E-state index contributed by atoms with van der Waals surface area (Å²) in [6.45, 7) is 4.84. The molecule has 7 heteroatoms. The second-order valence-corrected chi connectivity index (χ2v) is 7.07. The minimum absolute atomic E-state index is 0.0286. The van der Waals surface area contributed by atoms with Crippen molar-refractivity contribution in [3.05, 3.63) is 58.6 Å². The van der Waals surface area contributed by atoms with Crippen LogP contribution in [0.3, 0.4) is 0 Å². The van der Waals surface area contributed by atoms with Crippen LogP contribution in [-0.4, -0.2) is 35.4 Å². The van der Waals surface area contributed by atoms with Crippen molar-refractivity contribution in [3.63, 3.8) is 0 Å². The maximum Gasteiger partial charge on any atom is 0.343 e. The molecule has 3 rings (SSSR count). The molecular formula is C22H22O7. The number of rotatable bonds is 5. The monoisotopic (exact) mass is 398 g/mol. The van der Waals surface area contributed by atoms with E-state index in [4.69, 9.17) is 14.2 Å². The molecule has 0 saturated carbocycles. The third kappa shape index (κ3) is 3.55. The van der Waals surface area contributed by atoms with E-state index >= 15 is 0 Å². The van der Waals surface area contributed by atoms with Crippen molar-refractivity contribution in [2.75, 3.05) is 7.11 Å². The molecule has 1 aromatic rings. The van der Waals surface area contributed by atoms with Crippen LogP contribution < -0.4 is 4.74 Å². The lowest BCUT2D eigenvalue weighted by Gasteiger charge is -2.31. The summed E-state index contributed by atoms with van der Waals surface area (Å²) in [7, 11) is 1.34. The van der Waals surface area contributed by atoms with Crippen molar-refractivity contribution in [2.24, 2.45) is 0 Å². The lowest BCUT2D eigenvalue weighted by atomic mass is 9.80. The third-order valence-electron chi connectivity index (χ3n) is 4.89. The lowest BCUT2D eigenvalue weighted by molar-refractivity contribution is -0.145. The van der Waals surface area contributed by atoms with Gasteiger partial charge in [0.05, 0.1) is 12.7 Å². The van der Waals surface area contributed by atoms with Crippen molar-refractivity contribution in [3.8, 4) is 11.5 Å². The first kappa shape index (κ1) is 20.4. The smallest absolute Gasteiger partial charge is 0.343 e. The molecular weight excluding hydrogens is 376 g/mol. The molecule has 0 radical (unpaired) electrons. The molecule has 0 aromatic heterocycles. The molecule has 0 bridgehead atoms. The van der Waals surface area contributed by atoms with Crippen LogP contribution in [0.5, 0.6) is 11.5 Å². The molecule has 0 fully saturated rings. The third-order valence-corrected chi connectivity index (χ3v) is 4.89. The SMILES string of the molecule is CCCC1=CC2=CC(=O)[C@](C)(OC(=O)c3c(C)cc(O)cc3OC)C(=O)C2=CO1. The number of Topliss-reactive ketones (excluding diaryl/α,β-unsaturated/α-hetero) is 1. The number of benzene rings is 1. The Labute approximate surface area is 168 Å². The number of carbonyl (C=O) groups excluding carboxylic acids is 3. The molecule has 152 valence electrons. The highest BCUT2D eigenvalue weighted by Crippen LogP contribution is 2.36. The van der Waals surface area contributed by atoms with E-state index in [-0.39, 0.29) is 22.6 Å². The summed E-state index contributed by atoms with van der Waals surface area (Å²) in [6.07, 6.45) is 5.77. The Balaban J connectivity index is 1.96. The Kier molecular flexibility index (Phi) is 5.33. The van der Waals surface area contributed by atoms with Crippen LogP contribution >= 0.6 is 0 Å². The molecule has 1 aliphatic heterocycles. The molecule has 29 heavy (non-hydrogen) atoms. The first-order valence-electron chi connectivity index (χ1n) is 9.21. The molecule has 1 aliphatic carbocycles. The van der Waals surface area contributed by atoms with E-state index in [1.807, 2.05) is 6.92 Å². The zero-order valence-corrected chi connectivity index (χ0v) is 16.7. The maximum atomic E-state index is 13.0. The number of aryl methyl sites for hydroxylation is 1. The van der Waals surface area contributed by atoms with Gasteiger partial charge in [-0.1, -0.05) is 6.92 Å². The van der Waals surface area contributed by atoms with Crippen molar-refractivity contribution in [1.29, 1.82) is 0 Å². The van der Waals surface area contributed by atoms with Gasteiger partial charge in [-0.05, 0) is 49.6 Å². The largest absolute Gasteiger partial charge is 0.508 e. The fraction of sp³-hybridized carbons (Fsp3) is 0.318. The van der Waals surface area contributed by atoms with Gasteiger partial charge in [-0.15, -0.1) is 0 Å². The summed E-state index contributed by atoms with van der Waals surface area (Å²) >= 11 is 0. The number of esters is 1. The Morgan fingerprint density at radius 3 is 2.62 bits per heavy atom. The molecule has 2 aliphatic rings. The highest BCUT2D eigenvalue weighted by atomic mass is 16.6. The van der Waals surface area contributed by atoms with Gasteiger partial charge >= 0.3 is 5.97 Å². The van der Waals surface area contributed by atoms with Gasteiger partial charge < -0.3 is 19.3 Å². The Morgan fingerprint density at radius 1 is 1.24 bits per heavy atom. The van der Waals surface area contributed by atoms with Gasteiger partial charge in [-0.2, -0.15) is 0 Å². The van der Waals surface area contributed by atoms with Crippen molar-refractivity contribution in [2.45, 2.75) is 39.2 Å². The average Bonchev–Trinajstić information content (AvgIpc) is 2.66. The van der Waals surface area contributed by atoms with Gasteiger partial charge in [-0.3, -0.25) is 9.59 Å². The van der Waals surface area contributed by atoms with E-state index in [2.05, 4.69) is 0 Å². The molecule has 0 spiro atoms. The van der Waals surface area contributed by atoms with Gasteiger partial charge in [0.15, 0.2) is 0 Å². The molecule has 0 unspecified atom stereocenters. The van der Waals surface area contributed by atoms with E-state index < -0.39 is 23.1 Å². The van der Waals surface area contributed by atoms with E-state index in [1.165, 1.54) is 38.5 Å². The normalized spacial score (nSPS) is 20.8. The maximum absolute atomic E-state index is 13.0. The van der Waals surface area contributed by atoms with E-state index in [0.29, 0.717) is 23.3 Å². The van der Waals surface area contributed by atoms with Gasteiger partial charge in [0.1, 0.15) is 29.1 Å². The molecule has 0 saturated heterocycles. The highest BCUT2D eigenvalue weighted by Gasteiger charge is 2.50. The van der Waals surface area contributed by atoms with Gasteiger partial charge in [0.2, 0.25) is 17.2 Å². The number of phenols is 1. The standard InChI is InChI=1S/C22H22O7/c1-5-6-15-8-13-9-18(24)22(3,20(25)16(13)11-28-15)29-21(26)19-12(2)7-14(23)10-17(19)27-4/h7-11,23H,5-6H2,1-4H3/t22-/m0/s1. The summed E-state index contributed by atoms with van der Waals surface area (Å²) in [6, 6.07) is 2.62. The summed E-state index contributed by atoms with van der Waals surface area (Å²) < 4.78 is 16.0. The zero-order valence-electron chi connectivity index (χ0n) is 16.7. The number of hydrogen-bond acceptors (Lipinski definition) is 7. The lowest BCUT2D eigenvalue weighted by Crippen LogP contribution is -2.50. The molecule has 1 aromatic carbocycles. The number of hydrogen-bond donors (Lipinski definition) is 1. The fourth-order valence-electron chi connectivity index (χ4n) is 3.31. The quantitative estimate of drug-likeness (QED) is 0.600. The van der Waals surface area contributed by atoms with Crippen LogP contribution in [-0.2, 0) is 19.1 Å². The van der Waals surface area contributed by atoms with Crippen molar-refractivity contribution in [1.82, 2.24) is 0 Å². The highest BCUT2D eigenvalue weighted by molar-refractivity contribution is 6.26. The molecule has 1 heterocycles. The van der Waals surface area contributed by atoms with E-state index in [0.717, 1.165) is 6.42 Å². The molecule has 1 atom stereocenters. The first-order chi connectivity index (χ1) is 13.7. The molecule has 1 N–H and O–H groups in total. The number of aromatic hydroxyl groups is 1. The average molecular weight is 398 g/mol. The van der Waals surface area contributed by atoms with Crippen LogP contribution in [0.1, 0.15) is 42.6 Å². The fourth-order valence-corrected chi connectivity index (χ4v) is 3.31. The Morgan fingerprint density at radius 2 is 1.97 bits per heavy atom. The number of ether oxygens (including phenoxy) is 3. The number of carbonyl (C=O) groups is 3. The summed E-state index contributed by atoms with van der Waals surface area (Å²) in [4.78, 5) is 38.6. The zero-order chi connectivity index (χ0) is 21.3. The minimum atomic E-state index is -2.03. The van der Waals surface area contributed by atoms with Crippen LogP contribution in [0.2, 0.25) is 0 Å². The van der Waals surface area contributed by atoms with Crippen LogP contribution in [0.4, 0.5) is 0 Å². The predicted molar refractivity (Wildman–Crippen MR) is 103 cm³/mol. The molecule has 7 nitrogen and oxygen atoms in total. The Hall–Kier alpha value is -3.35.